The van der Waals surface area contributed by atoms with Crippen LogP contribution in [0.3, 0.4) is 0 Å². The minimum Gasteiger partial charge on any atom is -0.507 e. The Morgan fingerprint density at radius 3 is 2.69 bits per heavy atom. The van der Waals surface area contributed by atoms with E-state index in [1.165, 1.54) is 0 Å². The Bertz CT molecular complexity index is 950. The summed E-state index contributed by atoms with van der Waals surface area (Å²) < 4.78 is 12.3. The predicted octanol–water partition coefficient (Wildman–Crippen LogP) is 3.76. The molecule has 2 aromatic rings. The maximum Gasteiger partial charge on any atom is 0.200 e. The molecule has 6 heteroatoms. The van der Waals surface area contributed by atoms with E-state index in [1.54, 1.807) is 13.2 Å². The summed E-state index contributed by atoms with van der Waals surface area (Å²) in [5, 5.41) is 17.6. The standard InChI is InChI=1S/C23H27N3O3/c1-3-25-13-11-23(12-14-25)26-19(17-8-6-10-21(28-2)22(17)29-23)15-18(24-26)16-7-4-5-9-20(16)27/h4-10,19,27H,3,11-15H2,1-2H3/t19-/m0/s1. The SMILES string of the molecule is CCN1CCC2(CC1)Oc1c(OC)cccc1[C@@H]1CC(c3ccccc3O)=NN12. The molecule has 1 spiro atoms. The molecule has 1 N–H and O–H groups in total. The molecule has 1 atom stereocenters. The fraction of sp³-hybridized carbons (Fsp3) is 0.435. The molecule has 1 fully saturated rings. The number of hydrogen-bond donors (Lipinski definition) is 1. The van der Waals surface area contributed by atoms with Gasteiger partial charge in [0.1, 0.15) is 5.75 Å². The van der Waals surface area contributed by atoms with Gasteiger partial charge in [-0.05, 0) is 24.7 Å². The van der Waals surface area contributed by atoms with Gasteiger partial charge in [-0.15, -0.1) is 0 Å². The Hall–Kier alpha value is -2.73. The predicted molar refractivity (Wildman–Crippen MR) is 112 cm³/mol. The number of fused-ring (bicyclic) bond motifs is 4. The number of nitrogens with zero attached hydrogens (tertiary/aromatic N) is 3. The van der Waals surface area contributed by atoms with Crippen molar-refractivity contribution in [2.75, 3.05) is 26.7 Å². The molecule has 1 saturated heterocycles. The second-order valence-electron chi connectivity index (χ2n) is 7.99. The lowest BCUT2D eigenvalue weighted by Gasteiger charge is -2.51. The number of hydrogen-bond acceptors (Lipinski definition) is 6. The van der Waals surface area contributed by atoms with E-state index in [4.69, 9.17) is 14.6 Å². The van der Waals surface area contributed by atoms with E-state index < -0.39 is 5.72 Å². The van der Waals surface area contributed by atoms with Crippen molar-refractivity contribution < 1.29 is 14.6 Å². The average Bonchev–Trinajstić information content (AvgIpc) is 3.21. The monoisotopic (exact) mass is 393 g/mol. The van der Waals surface area contributed by atoms with Gasteiger partial charge in [0, 0.05) is 43.5 Å². The summed E-state index contributed by atoms with van der Waals surface area (Å²) in [5.74, 6) is 1.89. The van der Waals surface area contributed by atoms with Crippen LogP contribution in [0.1, 0.15) is 43.4 Å². The Morgan fingerprint density at radius 2 is 1.97 bits per heavy atom. The number of phenolic OH excluding ortho intramolecular Hbond substituents is 1. The molecule has 3 aliphatic rings. The summed E-state index contributed by atoms with van der Waals surface area (Å²) in [6.07, 6.45) is 2.50. The highest BCUT2D eigenvalue weighted by Crippen LogP contribution is 2.52. The van der Waals surface area contributed by atoms with E-state index in [9.17, 15) is 5.11 Å². The molecule has 152 valence electrons. The molecular weight excluding hydrogens is 366 g/mol. The highest BCUT2D eigenvalue weighted by atomic mass is 16.5. The van der Waals surface area contributed by atoms with Gasteiger partial charge in [0.25, 0.3) is 0 Å². The fourth-order valence-electron chi connectivity index (χ4n) is 4.86. The molecule has 0 radical (unpaired) electrons. The Morgan fingerprint density at radius 1 is 1.17 bits per heavy atom. The molecule has 2 aromatic carbocycles. The number of hydrazone groups is 1. The summed E-state index contributed by atoms with van der Waals surface area (Å²) >= 11 is 0. The van der Waals surface area contributed by atoms with E-state index in [-0.39, 0.29) is 11.8 Å². The third-order valence-corrected chi connectivity index (χ3v) is 6.51. The van der Waals surface area contributed by atoms with Crippen molar-refractivity contribution in [2.24, 2.45) is 5.10 Å². The molecule has 5 rings (SSSR count). The zero-order valence-corrected chi connectivity index (χ0v) is 17.0. The molecule has 0 aromatic heterocycles. The van der Waals surface area contributed by atoms with Crippen LogP contribution in [-0.2, 0) is 0 Å². The number of rotatable bonds is 3. The highest BCUT2D eigenvalue weighted by Gasteiger charge is 2.52. The van der Waals surface area contributed by atoms with Crippen LogP contribution in [0.2, 0.25) is 0 Å². The third-order valence-electron chi connectivity index (χ3n) is 6.51. The normalized spacial score (nSPS) is 22.6. The van der Waals surface area contributed by atoms with Crippen LogP contribution in [0.4, 0.5) is 0 Å². The van der Waals surface area contributed by atoms with Crippen molar-refractivity contribution in [1.82, 2.24) is 9.91 Å². The van der Waals surface area contributed by atoms with Crippen LogP contribution >= 0.6 is 0 Å². The van der Waals surface area contributed by atoms with Gasteiger partial charge in [0.15, 0.2) is 11.5 Å². The van der Waals surface area contributed by atoms with Crippen molar-refractivity contribution in [3.63, 3.8) is 0 Å². The lowest BCUT2D eigenvalue weighted by molar-refractivity contribution is -0.150. The molecule has 0 bridgehead atoms. The number of aromatic hydroxyl groups is 1. The van der Waals surface area contributed by atoms with E-state index in [0.717, 1.165) is 67.2 Å². The van der Waals surface area contributed by atoms with Crippen LogP contribution in [-0.4, -0.2) is 53.2 Å². The second kappa shape index (κ2) is 6.95. The van der Waals surface area contributed by atoms with Crippen molar-refractivity contribution in [1.29, 1.82) is 0 Å². The highest BCUT2D eigenvalue weighted by molar-refractivity contribution is 6.04. The molecule has 0 amide bonds. The fourth-order valence-corrected chi connectivity index (χ4v) is 4.86. The molecular formula is C23H27N3O3. The molecule has 3 heterocycles. The van der Waals surface area contributed by atoms with E-state index in [1.807, 2.05) is 30.3 Å². The van der Waals surface area contributed by atoms with Gasteiger partial charge in [-0.25, -0.2) is 5.01 Å². The first kappa shape index (κ1) is 18.3. The van der Waals surface area contributed by atoms with Crippen molar-refractivity contribution in [3.8, 4) is 17.2 Å². The molecule has 3 aliphatic heterocycles. The molecule has 29 heavy (non-hydrogen) atoms. The van der Waals surface area contributed by atoms with Gasteiger partial charge < -0.3 is 19.5 Å². The van der Waals surface area contributed by atoms with Gasteiger partial charge in [0.05, 0.1) is 18.9 Å². The Kier molecular flexibility index (Phi) is 4.39. The summed E-state index contributed by atoms with van der Waals surface area (Å²) in [4.78, 5) is 2.45. The topological polar surface area (TPSA) is 57.5 Å². The smallest absolute Gasteiger partial charge is 0.200 e. The summed E-state index contributed by atoms with van der Waals surface area (Å²) in [6.45, 7) is 5.20. The Labute approximate surface area is 171 Å². The molecule has 6 nitrogen and oxygen atoms in total. The van der Waals surface area contributed by atoms with Crippen LogP contribution in [0.5, 0.6) is 17.2 Å². The summed E-state index contributed by atoms with van der Waals surface area (Å²) in [7, 11) is 1.69. The van der Waals surface area contributed by atoms with Gasteiger partial charge in [-0.1, -0.05) is 31.2 Å². The first-order valence-corrected chi connectivity index (χ1v) is 10.4. The van der Waals surface area contributed by atoms with Gasteiger partial charge in [-0.3, -0.25) is 0 Å². The third kappa shape index (κ3) is 2.85. The number of benzene rings is 2. The molecule has 0 aliphatic carbocycles. The van der Waals surface area contributed by atoms with Crippen molar-refractivity contribution in [3.05, 3.63) is 53.6 Å². The lowest BCUT2D eigenvalue weighted by Crippen LogP contribution is -2.59. The van der Waals surface area contributed by atoms with Gasteiger partial charge in [-0.2, -0.15) is 5.10 Å². The first-order valence-electron chi connectivity index (χ1n) is 10.4. The quantitative estimate of drug-likeness (QED) is 0.861. The van der Waals surface area contributed by atoms with Gasteiger partial charge in [0.2, 0.25) is 5.72 Å². The number of ether oxygens (including phenoxy) is 2. The first-order chi connectivity index (χ1) is 14.1. The van der Waals surface area contributed by atoms with Crippen molar-refractivity contribution >= 4 is 5.71 Å². The van der Waals surface area contributed by atoms with E-state index in [0.29, 0.717) is 0 Å². The number of methoxy groups -OCH3 is 1. The zero-order valence-electron chi connectivity index (χ0n) is 17.0. The van der Waals surface area contributed by atoms with Crippen LogP contribution in [0.25, 0.3) is 0 Å². The summed E-state index contributed by atoms with van der Waals surface area (Å²) in [6, 6.07) is 13.6. The lowest BCUT2D eigenvalue weighted by atomic mass is 9.90. The van der Waals surface area contributed by atoms with Crippen molar-refractivity contribution in [2.45, 2.75) is 38.0 Å². The summed E-state index contributed by atoms with van der Waals surface area (Å²) in [5.41, 5.74) is 2.32. The average molecular weight is 393 g/mol. The van der Waals surface area contributed by atoms with Crippen LogP contribution in [0.15, 0.2) is 47.6 Å². The van der Waals surface area contributed by atoms with E-state index in [2.05, 4.69) is 22.9 Å². The molecule has 0 unspecified atom stereocenters. The van der Waals surface area contributed by atoms with E-state index >= 15 is 0 Å². The maximum atomic E-state index is 10.4. The largest absolute Gasteiger partial charge is 0.507 e. The van der Waals surface area contributed by atoms with Crippen LogP contribution < -0.4 is 9.47 Å². The van der Waals surface area contributed by atoms with Gasteiger partial charge >= 0.3 is 0 Å². The number of phenols is 1. The number of para-hydroxylation sites is 2. The molecule has 0 saturated carbocycles. The Balaban J connectivity index is 1.60. The maximum absolute atomic E-state index is 10.4. The minimum atomic E-state index is -0.482. The number of likely N-dealkylation sites (tertiary alicyclic amines) is 1. The van der Waals surface area contributed by atoms with Crippen LogP contribution in [0, 0.1) is 0 Å². The number of piperidine rings is 1. The second-order valence-corrected chi connectivity index (χ2v) is 7.99. The zero-order chi connectivity index (χ0) is 20.0. The minimum absolute atomic E-state index is 0.0802.